The van der Waals surface area contributed by atoms with Gasteiger partial charge in [-0.2, -0.15) is 38.5 Å². The predicted octanol–water partition coefficient (Wildman–Crippen LogP) is 2.76. The molecule has 0 saturated carbocycles. The van der Waals surface area contributed by atoms with Crippen LogP contribution in [0, 0.1) is 0 Å². The molecule has 86 valence electrons. The standard InChI is InChI=1S/C10H19N3S2/c1-10(2,3)13-11-8(6-14-4)9(12-13)7-15-5/h6-7H2,1-5H3. The Morgan fingerprint density at radius 3 is 1.67 bits per heavy atom. The topological polar surface area (TPSA) is 30.7 Å². The zero-order valence-electron chi connectivity index (χ0n) is 10.1. The molecule has 0 atom stereocenters. The highest BCUT2D eigenvalue weighted by atomic mass is 32.2. The molecule has 1 heterocycles. The molecular weight excluding hydrogens is 226 g/mol. The third-order valence-corrected chi connectivity index (χ3v) is 3.05. The fraction of sp³-hybridized carbons (Fsp3) is 0.800. The van der Waals surface area contributed by atoms with E-state index in [0.29, 0.717) is 0 Å². The first-order valence-electron chi connectivity index (χ1n) is 4.92. The van der Waals surface area contributed by atoms with Gasteiger partial charge in [0.1, 0.15) is 0 Å². The van der Waals surface area contributed by atoms with Crippen molar-refractivity contribution in [1.29, 1.82) is 0 Å². The lowest BCUT2D eigenvalue weighted by Gasteiger charge is -2.16. The van der Waals surface area contributed by atoms with Crippen molar-refractivity contribution in [2.75, 3.05) is 12.5 Å². The van der Waals surface area contributed by atoms with Gasteiger partial charge >= 0.3 is 0 Å². The van der Waals surface area contributed by atoms with Crippen LogP contribution in [0.4, 0.5) is 0 Å². The summed E-state index contributed by atoms with van der Waals surface area (Å²) in [6.07, 6.45) is 4.19. The summed E-state index contributed by atoms with van der Waals surface area (Å²) in [7, 11) is 0. The Morgan fingerprint density at radius 2 is 1.40 bits per heavy atom. The Balaban J connectivity index is 2.98. The lowest BCUT2D eigenvalue weighted by atomic mass is 10.1. The predicted molar refractivity (Wildman–Crippen MR) is 69.5 cm³/mol. The summed E-state index contributed by atoms with van der Waals surface area (Å²) in [4.78, 5) is 1.84. The zero-order chi connectivity index (χ0) is 11.5. The highest BCUT2D eigenvalue weighted by Gasteiger charge is 2.19. The maximum atomic E-state index is 4.56. The van der Waals surface area contributed by atoms with Crippen LogP contribution in [0.25, 0.3) is 0 Å². The van der Waals surface area contributed by atoms with Crippen molar-refractivity contribution in [1.82, 2.24) is 15.0 Å². The molecule has 0 N–H and O–H groups in total. The van der Waals surface area contributed by atoms with Crippen LogP contribution in [0.3, 0.4) is 0 Å². The van der Waals surface area contributed by atoms with E-state index in [1.54, 1.807) is 23.5 Å². The van der Waals surface area contributed by atoms with Gasteiger partial charge in [0.05, 0.1) is 16.9 Å². The van der Waals surface area contributed by atoms with Crippen LogP contribution in [0.5, 0.6) is 0 Å². The largest absolute Gasteiger partial charge is 0.179 e. The molecule has 1 rings (SSSR count). The normalized spacial score (nSPS) is 12.1. The van der Waals surface area contributed by atoms with E-state index in [2.05, 4.69) is 43.5 Å². The van der Waals surface area contributed by atoms with Crippen LogP contribution >= 0.6 is 23.5 Å². The molecule has 1 aromatic heterocycles. The van der Waals surface area contributed by atoms with Crippen molar-refractivity contribution >= 4 is 23.5 Å². The maximum absolute atomic E-state index is 4.56. The van der Waals surface area contributed by atoms with Crippen molar-refractivity contribution in [2.24, 2.45) is 0 Å². The number of hydrogen-bond donors (Lipinski definition) is 0. The molecule has 0 radical (unpaired) electrons. The molecule has 0 aromatic carbocycles. The molecule has 5 heteroatoms. The second-order valence-electron chi connectivity index (χ2n) is 4.42. The molecule has 0 fully saturated rings. The van der Waals surface area contributed by atoms with E-state index in [0.717, 1.165) is 22.9 Å². The van der Waals surface area contributed by atoms with E-state index >= 15 is 0 Å². The van der Waals surface area contributed by atoms with Gasteiger partial charge in [0.25, 0.3) is 0 Å². The van der Waals surface area contributed by atoms with Gasteiger partial charge in [0.15, 0.2) is 0 Å². The van der Waals surface area contributed by atoms with Crippen molar-refractivity contribution in [3.05, 3.63) is 11.4 Å². The molecule has 0 unspecified atom stereocenters. The van der Waals surface area contributed by atoms with Crippen LogP contribution in [-0.2, 0) is 17.0 Å². The molecule has 0 saturated heterocycles. The van der Waals surface area contributed by atoms with Gasteiger partial charge in [0.2, 0.25) is 0 Å². The SMILES string of the molecule is CSCc1nn(C(C)(C)C)nc1CSC. The third kappa shape index (κ3) is 3.41. The van der Waals surface area contributed by atoms with Crippen LogP contribution in [0.1, 0.15) is 32.2 Å². The van der Waals surface area contributed by atoms with E-state index in [1.807, 2.05) is 4.80 Å². The summed E-state index contributed by atoms with van der Waals surface area (Å²) in [5, 5.41) is 9.12. The fourth-order valence-electron chi connectivity index (χ4n) is 1.16. The Morgan fingerprint density at radius 1 is 1.00 bits per heavy atom. The van der Waals surface area contributed by atoms with Gasteiger partial charge in [-0.15, -0.1) is 0 Å². The quantitative estimate of drug-likeness (QED) is 0.816. The first-order chi connectivity index (χ1) is 6.99. The minimum Gasteiger partial charge on any atom is -0.179 e. The minimum absolute atomic E-state index is 0.0240. The van der Waals surface area contributed by atoms with E-state index in [1.165, 1.54) is 0 Å². The zero-order valence-corrected chi connectivity index (χ0v) is 11.7. The molecule has 1 aromatic rings. The van der Waals surface area contributed by atoms with E-state index in [-0.39, 0.29) is 5.54 Å². The lowest BCUT2D eigenvalue weighted by molar-refractivity contribution is 0.310. The molecule has 0 spiro atoms. The Labute approximate surface area is 100 Å². The Hall–Kier alpha value is -0.160. The van der Waals surface area contributed by atoms with E-state index < -0.39 is 0 Å². The van der Waals surface area contributed by atoms with Crippen molar-refractivity contribution in [3.63, 3.8) is 0 Å². The highest BCUT2D eigenvalue weighted by molar-refractivity contribution is 7.98. The molecule has 0 aliphatic rings. The highest BCUT2D eigenvalue weighted by Crippen LogP contribution is 2.19. The lowest BCUT2D eigenvalue weighted by Crippen LogP contribution is -2.24. The first kappa shape index (κ1) is 12.9. The summed E-state index contributed by atoms with van der Waals surface area (Å²) in [6, 6.07) is 0. The number of aromatic nitrogens is 3. The van der Waals surface area contributed by atoms with Crippen LogP contribution < -0.4 is 0 Å². The molecule has 15 heavy (non-hydrogen) atoms. The van der Waals surface area contributed by atoms with Gasteiger partial charge in [-0.05, 0) is 33.3 Å². The van der Waals surface area contributed by atoms with E-state index in [4.69, 9.17) is 0 Å². The fourth-order valence-corrected chi connectivity index (χ4v) is 2.16. The van der Waals surface area contributed by atoms with Gasteiger partial charge in [0, 0.05) is 11.5 Å². The second-order valence-corrected chi connectivity index (χ2v) is 6.15. The van der Waals surface area contributed by atoms with Crippen molar-refractivity contribution in [3.8, 4) is 0 Å². The molecule has 0 amide bonds. The van der Waals surface area contributed by atoms with Gasteiger partial charge in [-0.1, -0.05) is 0 Å². The summed E-state index contributed by atoms with van der Waals surface area (Å²) in [5.41, 5.74) is 2.24. The number of thioether (sulfide) groups is 2. The summed E-state index contributed by atoms with van der Waals surface area (Å²) in [5.74, 6) is 1.90. The monoisotopic (exact) mass is 245 g/mol. The summed E-state index contributed by atoms with van der Waals surface area (Å²) in [6.45, 7) is 6.37. The van der Waals surface area contributed by atoms with Crippen molar-refractivity contribution < 1.29 is 0 Å². The average molecular weight is 245 g/mol. The van der Waals surface area contributed by atoms with Gasteiger partial charge in [-0.3, -0.25) is 0 Å². The van der Waals surface area contributed by atoms with Crippen LogP contribution in [0.15, 0.2) is 0 Å². The maximum Gasteiger partial charge on any atom is 0.0966 e. The molecule has 3 nitrogen and oxygen atoms in total. The third-order valence-electron chi connectivity index (χ3n) is 1.93. The van der Waals surface area contributed by atoms with E-state index in [9.17, 15) is 0 Å². The van der Waals surface area contributed by atoms with Crippen molar-refractivity contribution in [2.45, 2.75) is 37.8 Å². The van der Waals surface area contributed by atoms with Gasteiger partial charge < -0.3 is 0 Å². The van der Waals surface area contributed by atoms with Crippen LogP contribution in [0.2, 0.25) is 0 Å². The molecular formula is C10H19N3S2. The summed E-state index contributed by atoms with van der Waals surface area (Å²) >= 11 is 3.59. The smallest absolute Gasteiger partial charge is 0.0966 e. The minimum atomic E-state index is -0.0240. The average Bonchev–Trinajstić information content (AvgIpc) is 2.50. The number of hydrogen-bond acceptors (Lipinski definition) is 4. The van der Waals surface area contributed by atoms with Gasteiger partial charge in [-0.25, -0.2) is 0 Å². The number of nitrogens with zero attached hydrogens (tertiary/aromatic N) is 3. The Bertz CT molecular complexity index is 291. The first-order valence-corrected chi connectivity index (χ1v) is 7.71. The summed E-state index contributed by atoms with van der Waals surface area (Å²) < 4.78 is 0. The molecule has 0 aliphatic carbocycles. The number of rotatable bonds is 4. The molecule has 0 bridgehead atoms. The molecule has 0 aliphatic heterocycles. The second kappa shape index (κ2) is 5.25. The van der Waals surface area contributed by atoms with Crippen LogP contribution in [-0.4, -0.2) is 27.5 Å². The Kier molecular flexibility index (Phi) is 4.52.